The predicted octanol–water partition coefficient (Wildman–Crippen LogP) is 5.90. The number of ether oxygens (including phenoxy) is 6. The Morgan fingerprint density at radius 1 is 0.813 bits per heavy atom. The predicted molar refractivity (Wildman–Crippen MR) is 275 cm³/mol. The van der Waals surface area contributed by atoms with E-state index in [9.17, 15) is 32.7 Å². The van der Waals surface area contributed by atoms with Crippen LogP contribution in [0.3, 0.4) is 0 Å². The van der Waals surface area contributed by atoms with Gasteiger partial charge in [-0.2, -0.15) is 4.98 Å². The third-order valence-corrected chi connectivity index (χ3v) is 14.5. The Labute approximate surface area is 430 Å². The first-order chi connectivity index (χ1) is 36.3. The van der Waals surface area contributed by atoms with E-state index in [0.29, 0.717) is 33.7 Å². The zero-order valence-electron chi connectivity index (χ0n) is 41.0. The summed E-state index contributed by atoms with van der Waals surface area (Å²) in [6.07, 6.45) is -0.914. The van der Waals surface area contributed by atoms with E-state index in [1.165, 1.54) is 53.0 Å². The van der Waals surface area contributed by atoms with E-state index in [0.717, 1.165) is 16.7 Å². The summed E-state index contributed by atoms with van der Waals surface area (Å²) < 4.78 is 63.2. The Kier molecular flexibility index (Phi) is 15.4. The summed E-state index contributed by atoms with van der Waals surface area (Å²) in [6.45, 7) is -0.563. The number of methoxy groups -OCH3 is 3. The number of aliphatic hydroxyl groups is 1. The molecule has 0 spiro atoms. The van der Waals surface area contributed by atoms with Gasteiger partial charge in [0.15, 0.2) is 21.0 Å². The number of hydrogen-bond acceptors (Lipinski definition) is 15. The molecule has 0 radical (unpaired) electrons. The average molecular weight is 1040 g/mol. The molecule has 1 saturated heterocycles. The third kappa shape index (κ3) is 11.1. The highest BCUT2D eigenvalue weighted by Gasteiger charge is 2.42. The Hall–Kier alpha value is -8.37. The molecule has 1 unspecified atom stereocenters. The number of imidazole rings is 1. The van der Waals surface area contributed by atoms with Gasteiger partial charge in [-0.1, -0.05) is 72.8 Å². The fourth-order valence-electron chi connectivity index (χ4n) is 9.01. The van der Waals surface area contributed by atoms with Crippen LogP contribution in [0.5, 0.6) is 17.2 Å². The standard InChI is InChI=1S/C54H53N7O13S/c1-69-38-17-13-36(14-18-38)54(35-9-5-4-6-10-35,37-15-19-39(70-2)20-16-37)73-32-45-44(62)30-48(74-45)61-33-56-49-50(61)58-52(59-51(49)65)57-46(63)25-26-55-47(64)29-34-31-60(43-12-8-7-11-42(34)43)53(66)72-27-28-75(67,68)41-23-21-40(71-3)22-24-41/h4-24,31,33,44-45,48,62H,25-30,32H2,1-3H3,(H,55,64)(H2,57,58,59,63,65)/t44?,45-,48-/m1/s1. The molecule has 8 aromatic rings. The van der Waals surface area contributed by atoms with Crippen molar-refractivity contribution in [2.45, 2.75) is 48.2 Å². The van der Waals surface area contributed by atoms with Crippen LogP contribution in [0, 0.1) is 0 Å². The number of para-hydroxylation sites is 1. The van der Waals surface area contributed by atoms with Gasteiger partial charge in [0.2, 0.25) is 17.8 Å². The molecule has 3 aromatic heterocycles. The summed E-state index contributed by atoms with van der Waals surface area (Å²) in [5, 5.41) is 17.4. The first kappa shape index (κ1) is 51.5. The third-order valence-electron chi connectivity index (χ3n) is 12.9. The molecule has 9 rings (SSSR count). The number of aromatic amines is 1. The summed E-state index contributed by atoms with van der Waals surface area (Å²) in [5.41, 5.74) is 1.62. The molecule has 4 heterocycles. The molecule has 75 heavy (non-hydrogen) atoms. The van der Waals surface area contributed by atoms with Crippen molar-refractivity contribution in [3.63, 3.8) is 0 Å². The Bertz CT molecular complexity index is 3440. The molecule has 388 valence electrons. The number of carbonyl (C=O) groups is 3. The second-order valence-electron chi connectivity index (χ2n) is 17.5. The fourth-order valence-corrected chi connectivity index (χ4v) is 10.1. The van der Waals surface area contributed by atoms with E-state index in [1.54, 1.807) is 38.5 Å². The summed E-state index contributed by atoms with van der Waals surface area (Å²) in [6, 6.07) is 37.6. The molecule has 0 bridgehead atoms. The van der Waals surface area contributed by atoms with E-state index in [1.807, 2.05) is 78.9 Å². The zero-order valence-corrected chi connectivity index (χ0v) is 41.8. The number of benzene rings is 5. The van der Waals surface area contributed by atoms with Gasteiger partial charge in [-0.25, -0.2) is 18.2 Å². The van der Waals surface area contributed by atoms with Crippen LogP contribution in [0.4, 0.5) is 10.7 Å². The number of carbonyl (C=O) groups excluding carboxylic acids is 3. The van der Waals surface area contributed by atoms with Crippen molar-refractivity contribution in [3.8, 4) is 17.2 Å². The minimum absolute atomic E-state index is 0.0209. The van der Waals surface area contributed by atoms with Gasteiger partial charge < -0.3 is 38.8 Å². The molecule has 2 amide bonds. The molecule has 5 aromatic carbocycles. The molecule has 20 nitrogen and oxygen atoms in total. The maximum atomic E-state index is 13.2. The molecule has 0 aliphatic carbocycles. The fraction of sp³-hybridized carbons (Fsp3) is 0.259. The number of rotatable bonds is 20. The van der Waals surface area contributed by atoms with E-state index in [2.05, 4.69) is 25.6 Å². The molecule has 1 aliphatic heterocycles. The van der Waals surface area contributed by atoms with Gasteiger partial charge in [-0.15, -0.1) is 0 Å². The van der Waals surface area contributed by atoms with E-state index in [-0.39, 0.29) is 54.4 Å². The van der Waals surface area contributed by atoms with Crippen LogP contribution in [0.15, 0.2) is 150 Å². The quantitative estimate of drug-likeness (QED) is 0.0648. The molecule has 3 atom stereocenters. The van der Waals surface area contributed by atoms with Crippen molar-refractivity contribution < 1.29 is 56.3 Å². The number of sulfone groups is 1. The first-order valence-corrected chi connectivity index (χ1v) is 25.4. The number of aromatic nitrogens is 5. The number of nitrogens with zero attached hydrogens (tertiary/aromatic N) is 4. The summed E-state index contributed by atoms with van der Waals surface area (Å²) in [4.78, 5) is 64.1. The second kappa shape index (κ2) is 22.4. The maximum absolute atomic E-state index is 13.2. The monoisotopic (exact) mass is 1040 g/mol. The molecule has 21 heteroatoms. The zero-order chi connectivity index (χ0) is 52.7. The highest BCUT2D eigenvalue weighted by Crippen LogP contribution is 2.43. The summed E-state index contributed by atoms with van der Waals surface area (Å²) in [5.74, 6) is 0.183. The lowest BCUT2D eigenvalue weighted by Crippen LogP contribution is -2.38. The number of aliphatic hydroxyl groups excluding tert-OH is 1. The molecule has 4 N–H and O–H groups in total. The maximum Gasteiger partial charge on any atom is 0.418 e. The van der Waals surface area contributed by atoms with Gasteiger partial charge in [0.05, 0.1) is 63.0 Å². The Balaban J connectivity index is 0.823. The SMILES string of the molecule is COc1ccc(C(OC[C@H]2O[C@@H](n3cnc4c(=O)[nH]c(NC(=O)CCNC(=O)Cc5cn(C(=O)OCCS(=O)(=O)c6ccc(OC)cc6)c6ccccc56)nc43)CC2O)(c2ccccc2)c2ccc(OC)cc2)cc1. The van der Waals surface area contributed by atoms with Crippen molar-refractivity contribution >= 4 is 55.8 Å². The van der Waals surface area contributed by atoms with Crippen LogP contribution in [-0.2, 0) is 45.7 Å². The van der Waals surface area contributed by atoms with Crippen LogP contribution >= 0.6 is 0 Å². The number of nitrogens with one attached hydrogen (secondary N) is 3. The van der Waals surface area contributed by atoms with Gasteiger partial charge in [-0.3, -0.25) is 33.8 Å². The highest BCUT2D eigenvalue weighted by molar-refractivity contribution is 7.91. The number of fused-ring (bicyclic) bond motifs is 2. The van der Waals surface area contributed by atoms with E-state index >= 15 is 0 Å². The van der Waals surface area contributed by atoms with Crippen LogP contribution in [-0.4, -0.2) is 115 Å². The minimum Gasteiger partial charge on any atom is -0.497 e. The lowest BCUT2D eigenvalue weighted by Gasteiger charge is -2.37. The lowest BCUT2D eigenvalue weighted by atomic mass is 9.80. The highest BCUT2D eigenvalue weighted by atomic mass is 32.2. The summed E-state index contributed by atoms with van der Waals surface area (Å²) in [7, 11) is 0.901. The van der Waals surface area contributed by atoms with Crippen LogP contribution in [0.25, 0.3) is 22.1 Å². The minimum atomic E-state index is -3.76. The van der Waals surface area contributed by atoms with E-state index in [4.69, 9.17) is 28.4 Å². The second-order valence-corrected chi connectivity index (χ2v) is 19.6. The van der Waals surface area contributed by atoms with Gasteiger partial charge in [-0.05, 0) is 76.9 Å². The average Bonchev–Trinajstić information content (AvgIpc) is 4.15. The topological polar surface area (TPSA) is 254 Å². The summed E-state index contributed by atoms with van der Waals surface area (Å²) >= 11 is 0. The molecule has 1 fully saturated rings. The van der Waals surface area contributed by atoms with Crippen LogP contribution in [0.1, 0.15) is 41.3 Å². The van der Waals surface area contributed by atoms with Crippen molar-refractivity contribution in [3.05, 3.63) is 173 Å². The van der Waals surface area contributed by atoms with Gasteiger partial charge in [0, 0.05) is 31.0 Å². The van der Waals surface area contributed by atoms with Crippen LogP contribution < -0.4 is 30.4 Å². The smallest absolute Gasteiger partial charge is 0.418 e. The number of anilines is 1. The van der Waals surface area contributed by atoms with E-state index < -0.39 is 69.7 Å². The van der Waals surface area contributed by atoms with Gasteiger partial charge in [0.25, 0.3) is 5.56 Å². The molecule has 1 aliphatic rings. The van der Waals surface area contributed by atoms with Gasteiger partial charge in [0.1, 0.15) is 41.8 Å². The number of H-pyrrole nitrogens is 1. The van der Waals surface area contributed by atoms with Gasteiger partial charge >= 0.3 is 6.09 Å². The van der Waals surface area contributed by atoms with Crippen molar-refractivity contribution in [1.29, 1.82) is 0 Å². The van der Waals surface area contributed by atoms with Crippen LogP contribution in [0.2, 0.25) is 0 Å². The molecule has 0 saturated carbocycles. The molecular weight excluding hydrogens is 987 g/mol. The number of amides is 2. The number of hydrogen-bond donors (Lipinski definition) is 4. The normalized spacial score (nSPS) is 15.7. The first-order valence-electron chi connectivity index (χ1n) is 23.8. The van der Waals surface area contributed by atoms with Crippen molar-refractivity contribution in [2.24, 2.45) is 0 Å². The largest absolute Gasteiger partial charge is 0.497 e. The molecular formula is C54H53N7O13S. The Morgan fingerprint density at radius 2 is 1.43 bits per heavy atom. The lowest BCUT2D eigenvalue weighted by molar-refractivity contribution is -0.120. The Morgan fingerprint density at radius 3 is 2.08 bits per heavy atom. The van der Waals surface area contributed by atoms with Crippen molar-refractivity contribution in [2.75, 3.05) is 52.2 Å². The van der Waals surface area contributed by atoms with Crippen molar-refractivity contribution in [1.82, 2.24) is 29.4 Å².